The second-order valence-corrected chi connectivity index (χ2v) is 4.06. The molecule has 1 amide bonds. The number of carbonyl (C=O) groups is 1. The number of ether oxygens (including phenoxy) is 2. The Bertz CT molecular complexity index is 545. The van der Waals surface area contributed by atoms with Crippen LogP contribution in [-0.2, 0) is 9.59 Å². The van der Waals surface area contributed by atoms with Crippen molar-refractivity contribution >= 4 is 24.1 Å². The fraction of sp³-hybridized carbons (Fsp3) is 0.333. The van der Waals surface area contributed by atoms with Crippen molar-refractivity contribution in [3.8, 4) is 11.5 Å². The molecule has 1 rings (SSSR count). The quantitative estimate of drug-likeness (QED) is 0.566. The topological polar surface area (TPSA) is 65.0 Å². The number of nitrogens with zero attached hydrogens (tertiary/aromatic N) is 1. The highest BCUT2D eigenvalue weighted by molar-refractivity contribution is 5.88. The van der Waals surface area contributed by atoms with Crippen LogP contribution in [0.2, 0.25) is 0 Å². The molecule has 106 valence electrons. The highest BCUT2D eigenvalue weighted by Crippen LogP contribution is 2.31. The van der Waals surface area contributed by atoms with Gasteiger partial charge >= 0.3 is 0 Å². The largest absolute Gasteiger partial charge is 0.493 e. The minimum absolute atomic E-state index is 0.266. The number of hydrogen-bond donors (Lipinski definition) is 0. The molecule has 0 N–H and O–H groups in total. The van der Waals surface area contributed by atoms with Crippen molar-refractivity contribution in [2.24, 2.45) is 4.99 Å². The lowest BCUT2D eigenvalue weighted by Crippen LogP contribution is -1.95. The maximum absolute atomic E-state index is 11.1. The minimum Gasteiger partial charge on any atom is -0.493 e. The molecule has 0 radical (unpaired) electrons. The highest BCUT2D eigenvalue weighted by Gasteiger charge is 2.09. The fourth-order valence-electron chi connectivity index (χ4n) is 1.77. The molecule has 1 aromatic carbocycles. The number of rotatable bonds is 7. The van der Waals surface area contributed by atoms with Crippen LogP contribution < -0.4 is 9.47 Å². The molecular formula is C15H17NO4. The molecule has 0 aliphatic carbocycles. The molecule has 0 saturated heterocycles. The van der Waals surface area contributed by atoms with E-state index in [-0.39, 0.29) is 12.3 Å². The van der Waals surface area contributed by atoms with E-state index in [4.69, 9.17) is 9.47 Å². The van der Waals surface area contributed by atoms with Gasteiger partial charge in [0.25, 0.3) is 0 Å². The molecule has 20 heavy (non-hydrogen) atoms. The van der Waals surface area contributed by atoms with Crippen LogP contribution in [0.3, 0.4) is 0 Å². The standard InChI is InChI=1S/C15H17NO4/c1-16-15(18)6-4-5-12(10-17)11-7-8-13(19-2)14(9-11)20-3/h7-9H,1,4-6H2,2-3H3. The van der Waals surface area contributed by atoms with Gasteiger partial charge in [0.2, 0.25) is 5.91 Å². The molecule has 0 saturated carbocycles. The number of methoxy groups -OCH3 is 2. The summed E-state index contributed by atoms with van der Waals surface area (Å²) in [6.45, 7) is 3.16. The van der Waals surface area contributed by atoms with E-state index in [9.17, 15) is 9.59 Å². The molecule has 0 atom stereocenters. The Labute approximate surface area is 117 Å². The first kappa shape index (κ1) is 15.7. The molecule has 0 spiro atoms. The van der Waals surface area contributed by atoms with E-state index in [1.54, 1.807) is 25.3 Å². The first-order valence-corrected chi connectivity index (χ1v) is 6.12. The predicted molar refractivity (Wildman–Crippen MR) is 77.1 cm³/mol. The lowest BCUT2D eigenvalue weighted by atomic mass is 10.0. The monoisotopic (exact) mass is 275 g/mol. The van der Waals surface area contributed by atoms with Crippen molar-refractivity contribution in [2.75, 3.05) is 14.2 Å². The third kappa shape index (κ3) is 4.07. The van der Waals surface area contributed by atoms with Crippen LogP contribution in [0.4, 0.5) is 0 Å². The van der Waals surface area contributed by atoms with E-state index in [2.05, 4.69) is 11.7 Å². The van der Waals surface area contributed by atoms with Crippen molar-refractivity contribution in [2.45, 2.75) is 19.3 Å². The zero-order chi connectivity index (χ0) is 15.0. The van der Waals surface area contributed by atoms with Gasteiger partial charge in [0.05, 0.1) is 14.2 Å². The molecule has 0 unspecified atom stereocenters. The lowest BCUT2D eigenvalue weighted by molar-refractivity contribution is -0.117. The van der Waals surface area contributed by atoms with Gasteiger partial charge in [-0.25, -0.2) is 9.79 Å². The molecular weight excluding hydrogens is 258 g/mol. The highest BCUT2D eigenvalue weighted by atomic mass is 16.5. The van der Waals surface area contributed by atoms with E-state index < -0.39 is 0 Å². The average molecular weight is 275 g/mol. The third-order valence-electron chi connectivity index (χ3n) is 2.85. The zero-order valence-corrected chi connectivity index (χ0v) is 11.6. The number of allylic oxidation sites excluding steroid dienone is 1. The third-order valence-corrected chi connectivity index (χ3v) is 2.85. The van der Waals surface area contributed by atoms with Crippen LogP contribution in [0.15, 0.2) is 23.2 Å². The van der Waals surface area contributed by atoms with Crippen molar-refractivity contribution < 1.29 is 19.1 Å². The Morgan fingerprint density at radius 3 is 2.50 bits per heavy atom. The van der Waals surface area contributed by atoms with E-state index in [0.717, 1.165) is 0 Å². The Balaban J connectivity index is 2.83. The molecule has 0 aliphatic heterocycles. The molecule has 5 nitrogen and oxygen atoms in total. The van der Waals surface area contributed by atoms with Gasteiger partial charge in [0.1, 0.15) is 5.94 Å². The van der Waals surface area contributed by atoms with Crippen LogP contribution in [0, 0.1) is 0 Å². The summed E-state index contributed by atoms with van der Waals surface area (Å²) in [7, 11) is 3.07. The smallest absolute Gasteiger partial charge is 0.245 e. The zero-order valence-electron chi connectivity index (χ0n) is 11.6. The van der Waals surface area contributed by atoms with Gasteiger partial charge in [-0.05, 0) is 37.3 Å². The van der Waals surface area contributed by atoms with Crippen LogP contribution in [0.5, 0.6) is 11.5 Å². The number of amides is 1. The number of carbonyl (C=O) groups excluding carboxylic acids is 2. The summed E-state index contributed by atoms with van der Waals surface area (Å²) < 4.78 is 10.3. The molecule has 1 aromatic rings. The second-order valence-electron chi connectivity index (χ2n) is 4.06. The Hall–Kier alpha value is -2.39. The maximum atomic E-state index is 11.1. The second kappa shape index (κ2) is 7.92. The first-order chi connectivity index (χ1) is 9.65. The summed E-state index contributed by atoms with van der Waals surface area (Å²) >= 11 is 0. The fourth-order valence-corrected chi connectivity index (χ4v) is 1.77. The maximum Gasteiger partial charge on any atom is 0.245 e. The Morgan fingerprint density at radius 1 is 1.25 bits per heavy atom. The molecule has 0 fully saturated rings. The summed E-state index contributed by atoms with van der Waals surface area (Å²) in [4.78, 5) is 25.4. The number of hydrogen-bond acceptors (Lipinski definition) is 4. The van der Waals surface area contributed by atoms with Crippen LogP contribution in [-0.4, -0.2) is 32.8 Å². The minimum atomic E-state index is -0.275. The van der Waals surface area contributed by atoms with Gasteiger partial charge in [-0.2, -0.15) is 0 Å². The summed E-state index contributed by atoms with van der Waals surface area (Å²) in [5.41, 5.74) is 1.19. The van der Waals surface area contributed by atoms with Crippen molar-refractivity contribution in [3.05, 3.63) is 23.8 Å². The van der Waals surface area contributed by atoms with Gasteiger partial charge in [0.15, 0.2) is 11.5 Å². The number of aliphatic imine (C=N–C) groups is 1. The molecule has 0 bridgehead atoms. The predicted octanol–water partition coefficient (Wildman–Crippen LogP) is 2.32. The van der Waals surface area contributed by atoms with E-state index in [0.29, 0.717) is 35.5 Å². The summed E-state index contributed by atoms with van der Waals surface area (Å²) in [6, 6.07) is 5.20. The normalized spacial score (nSPS) is 9.50. The first-order valence-electron chi connectivity index (χ1n) is 6.12. The van der Waals surface area contributed by atoms with E-state index in [1.807, 2.05) is 5.94 Å². The van der Waals surface area contributed by atoms with Crippen LogP contribution >= 0.6 is 0 Å². The van der Waals surface area contributed by atoms with Gasteiger partial charge in [0, 0.05) is 12.0 Å². The van der Waals surface area contributed by atoms with E-state index >= 15 is 0 Å². The van der Waals surface area contributed by atoms with Crippen molar-refractivity contribution in [1.82, 2.24) is 0 Å². The number of benzene rings is 1. The average Bonchev–Trinajstić information content (AvgIpc) is 2.50. The van der Waals surface area contributed by atoms with Crippen molar-refractivity contribution in [3.63, 3.8) is 0 Å². The van der Waals surface area contributed by atoms with Gasteiger partial charge < -0.3 is 9.47 Å². The van der Waals surface area contributed by atoms with Gasteiger partial charge in [-0.1, -0.05) is 6.07 Å². The summed E-state index contributed by atoms with van der Waals surface area (Å²) in [6.07, 6.45) is 1.24. The van der Waals surface area contributed by atoms with Crippen molar-refractivity contribution in [1.29, 1.82) is 0 Å². The van der Waals surface area contributed by atoms with Crippen LogP contribution in [0.1, 0.15) is 24.8 Å². The Morgan fingerprint density at radius 2 is 1.95 bits per heavy atom. The lowest BCUT2D eigenvalue weighted by Gasteiger charge is -2.10. The van der Waals surface area contributed by atoms with E-state index in [1.165, 1.54) is 7.11 Å². The summed E-state index contributed by atoms with van der Waals surface area (Å²) in [5.74, 6) is 2.77. The molecule has 0 heterocycles. The molecule has 5 heteroatoms. The molecule has 0 aliphatic rings. The van der Waals surface area contributed by atoms with Gasteiger partial charge in [-0.3, -0.25) is 4.79 Å². The van der Waals surface area contributed by atoms with Gasteiger partial charge in [-0.15, -0.1) is 0 Å². The van der Waals surface area contributed by atoms with Crippen LogP contribution in [0.25, 0.3) is 5.57 Å². The molecule has 0 aromatic heterocycles. The Kier molecular flexibility index (Phi) is 6.20. The SMILES string of the molecule is C=NC(=O)CCCC(=C=O)c1ccc(OC)c(OC)c1. The summed E-state index contributed by atoms with van der Waals surface area (Å²) in [5, 5.41) is 0.